The molecule has 0 unspecified atom stereocenters. The van der Waals surface area contributed by atoms with Crippen molar-refractivity contribution in [1.82, 2.24) is 24.7 Å². The zero-order valence-corrected chi connectivity index (χ0v) is 13.2. The molecular formula is C17H20N6. The van der Waals surface area contributed by atoms with E-state index in [1.54, 1.807) is 12.4 Å². The zero-order valence-electron chi connectivity index (χ0n) is 13.2. The molecule has 0 amide bonds. The van der Waals surface area contributed by atoms with Crippen LogP contribution in [-0.4, -0.2) is 24.7 Å². The SMILES string of the molecule is Cc1nn(CC2CCCC2)c2nc(-c3ccncc3)nc(N)c12. The second kappa shape index (κ2) is 5.61. The fourth-order valence-corrected chi connectivity index (χ4v) is 3.47. The Kier molecular flexibility index (Phi) is 3.44. The fourth-order valence-electron chi connectivity index (χ4n) is 3.47. The van der Waals surface area contributed by atoms with E-state index < -0.39 is 0 Å². The molecule has 1 aliphatic carbocycles. The van der Waals surface area contributed by atoms with Crippen LogP contribution in [0.5, 0.6) is 0 Å². The minimum atomic E-state index is 0.497. The van der Waals surface area contributed by atoms with Crippen molar-refractivity contribution in [3.05, 3.63) is 30.2 Å². The van der Waals surface area contributed by atoms with Gasteiger partial charge in [0.15, 0.2) is 11.5 Å². The number of nitrogen functional groups attached to an aromatic ring is 1. The van der Waals surface area contributed by atoms with Gasteiger partial charge in [0, 0.05) is 24.5 Å². The predicted molar refractivity (Wildman–Crippen MR) is 89.7 cm³/mol. The summed E-state index contributed by atoms with van der Waals surface area (Å²) in [5.74, 6) is 1.82. The van der Waals surface area contributed by atoms with E-state index in [2.05, 4.69) is 15.1 Å². The van der Waals surface area contributed by atoms with Crippen LogP contribution in [0.2, 0.25) is 0 Å². The number of fused-ring (bicyclic) bond motifs is 1. The average Bonchev–Trinajstić information content (AvgIpc) is 3.17. The molecule has 0 atom stereocenters. The Balaban J connectivity index is 1.82. The molecule has 0 radical (unpaired) electrons. The fraction of sp³-hybridized carbons (Fsp3) is 0.412. The van der Waals surface area contributed by atoms with Crippen molar-refractivity contribution in [3.8, 4) is 11.4 Å². The lowest BCUT2D eigenvalue weighted by Crippen LogP contribution is -2.10. The van der Waals surface area contributed by atoms with Crippen LogP contribution in [0.15, 0.2) is 24.5 Å². The lowest BCUT2D eigenvalue weighted by atomic mass is 10.1. The molecule has 1 saturated carbocycles. The second-order valence-corrected chi connectivity index (χ2v) is 6.28. The van der Waals surface area contributed by atoms with Gasteiger partial charge >= 0.3 is 0 Å². The second-order valence-electron chi connectivity index (χ2n) is 6.28. The van der Waals surface area contributed by atoms with E-state index in [-0.39, 0.29) is 0 Å². The van der Waals surface area contributed by atoms with E-state index in [4.69, 9.17) is 10.7 Å². The van der Waals surface area contributed by atoms with Crippen molar-refractivity contribution < 1.29 is 0 Å². The van der Waals surface area contributed by atoms with Gasteiger partial charge in [-0.1, -0.05) is 12.8 Å². The third kappa shape index (κ3) is 2.54. The lowest BCUT2D eigenvalue weighted by Gasteiger charge is -2.10. The Morgan fingerprint density at radius 1 is 1.17 bits per heavy atom. The minimum Gasteiger partial charge on any atom is -0.383 e. The first kappa shape index (κ1) is 14.1. The van der Waals surface area contributed by atoms with E-state index >= 15 is 0 Å². The summed E-state index contributed by atoms with van der Waals surface area (Å²) >= 11 is 0. The normalized spacial score (nSPS) is 15.5. The number of hydrogen-bond donors (Lipinski definition) is 1. The molecule has 0 saturated heterocycles. The first-order valence-corrected chi connectivity index (χ1v) is 8.13. The smallest absolute Gasteiger partial charge is 0.164 e. The summed E-state index contributed by atoms with van der Waals surface area (Å²) in [6.07, 6.45) is 8.67. The Labute approximate surface area is 134 Å². The first-order chi connectivity index (χ1) is 11.2. The van der Waals surface area contributed by atoms with Gasteiger partial charge in [0.25, 0.3) is 0 Å². The van der Waals surface area contributed by atoms with Crippen molar-refractivity contribution >= 4 is 16.9 Å². The number of hydrogen-bond acceptors (Lipinski definition) is 5. The van der Waals surface area contributed by atoms with Crippen molar-refractivity contribution in [1.29, 1.82) is 0 Å². The Bertz CT molecular complexity index is 833. The van der Waals surface area contributed by atoms with Gasteiger partial charge < -0.3 is 5.73 Å². The molecule has 1 fully saturated rings. The molecule has 0 aliphatic heterocycles. The van der Waals surface area contributed by atoms with Crippen molar-refractivity contribution in [3.63, 3.8) is 0 Å². The summed E-state index contributed by atoms with van der Waals surface area (Å²) in [5.41, 5.74) is 8.85. The molecule has 3 aromatic heterocycles. The molecule has 1 aliphatic rings. The maximum absolute atomic E-state index is 6.20. The quantitative estimate of drug-likeness (QED) is 0.804. The maximum atomic E-state index is 6.20. The van der Waals surface area contributed by atoms with Gasteiger partial charge in [-0.15, -0.1) is 0 Å². The number of nitrogens with zero attached hydrogens (tertiary/aromatic N) is 5. The highest BCUT2D eigenvalue weighted by atomic mass is 15.3. The summed E-state index contributed by atoms with van der Waals surface area (Å²) in [7, 11) is 0. The van der Waals surface area contributed by atoms with Crippen LogP contribution in [-0.2, 0) is 6.54 Å². The topological polar surface area (TPSA) is 82.5 Å². The largest absolute Gasteiger partial charge is 0.383 e. The lowest BCUT2D eigenvalue weighted by molar-refractivity contribution is 0.435. The van der Waals surface area contributed by atoms with Crippen molar-refractivity contribution in [2.24, 2.45) is 5.92 Å². The molecule has 6 nitrogen and oxygen atoms in total. The first-order valence-electron chi connectivity index (χ1n) is 8.13. The highest BCUT2D eigenvalue weighted by Gasteiger charge is 2.20. The molecule has 3 aromatic rings. The van der Waals surface area contributed by atoms with Crippen LogP contribution in [0, 0.1) is 12.8 Å². The number of anilines is 1. The third-order valence-corrected chi connectivity index (χ3v) is 4.64. The van der Waals surface area contributed by atoms with Gasteiger partial charge in [0.1, 0.15) is 5.82 Å². The zero-order chi connectivity index (χ0) is 15.8. The summed E-state index contributed by atoms with van der Waals surface area (Å²) < 4.78 is 2.02. The van der Waals surface area contributed by atoms with Gasteiger partial charge in [-0.05, 0) is 37.8 Å². The van der Waals surface area contributed by atoms with E-state index in [1.807, 2.05) is 23.7 Å². The average molecular weight is 308 g/mol. The molecule has 0 spiro atoms. The van der Waals surface area contributed by atoms with Crippen LogP contribution >= 0.6 is 0 Å². The molecule has 0 aromatic carbocycles. The van der Waals surface area contributed by atoms with Crippen LogP contribution in [0.1, 0.15) is 31.4 Å². The minimum absolute atomic E-state index is 0.497. The highest BCUT2D eigenvalue weighted by Crippen LogP contribution is 2.29. The number of pyridine rings is 1. The number of aromatic nitrogens is 5. The van der Waals surface area contributed by atoms with Gasteiger partial charge in [-0.3, -0.25) is 4.98 Å². The predicted octanol–water partition coefficient (Wildman–Crippen LogP) is 2.97. The van der Waals surface area contributed by atoms with Crippen molar-refractivity contribution in [2.45, 2.75) is 39.2 Å². The number of aryl methyl sites for hydroxylation is 1. The molecule has 2 N–H and O–H groups in total. The molecule has 23 heavy (non-hydrogen) atoms. The van der Waals surface area contributed by atoms with Crippen LogP contribution in [0.3, 0.4) is 0 Å². The monoisotopic (exact) mass is 308 g/mol. The van der Waals surface area contributed by atoms with Gasteiger partial charge in [-0.25, -0.2) is 14.6 Å². The highest BCUT2D eigenvalue weighted by molar-refractivity contribution is 5.89. The van der Waals surface area contributed by atoms with Crippen molar-refractivity contribution in [2.75, 3.05) is 5.73 Å². The van der Waals surface area contributed by atoms with Gasteiger partial charge in [0.05, 0.1) is 11.1 Å². The Hall–Kier alpha value is -2.50. The van der Waals surface area contributed by atoms with Gasteiger partial charge in [0.2, 0.25) is 0 Å². The van der Waals surface area contributed by atoms with Crippen LogP contribution < -0.4 is 5.73 Å². The summed E-state index contributed by atoms with van der Waals surface area (Å²) in [6, 6.07) is 3.79. The Morgan fingerprint density at radius 2 is 1.91 bits per heavy atom. The van der Waals surface area contributed by atoms with E-state index in [1.165, 1.54) is 25.7 Å². The summed E-state index contributed by atoms with van der Waals surface area (Å²) in [6.45, 7) is 2.88. The Morgan fingerprint density at radius 3 is 2.65 bits per heavy atom. The third-order valence-electron chi connectivity index (χ3n) is 4.64. The van der Waals surface area contributed by atoms with Gasteiger partial charge in [-0.2, -0.15) is 5.10 Å². The van der Waals surface area contributed by atoms with Crippen LogP contribution in [0.25, 0.3) is 22.4 Å². The molecule has 3 heterocycles. The van der Waals surface area contributed by atoms with E-state index in [9.17, 15) is 0 Å². The summed E-state index contributed by atoms with van der Waals surface area (Å²) in [5, 5.41) is 5.55. The summed E-state index contributed by atoms with van der Waals surface area (Å²) in [4.78, 5) is 13.3. The molecule has 4 rings (SSSR count). The maximum Gasteiger partial charge on any atom is 0.164 e. The standard InChI is InChI=1S/C17H20N6/c1-11-14-15(18)20-16(13-6-8-19-9-7-13)21-17(14)23(22-11)10-12-4-2-3-5-12/h6-9,12H,2-5,10H2,1H3,(H2,18,20,21). The molecule has 0 bridgehead atoms. The van der Waals surface area contributed by atoms with E-state index in [0.29, 0.717) is 17.6 Å². The van der Waals surface area contributed by atoms with Crippen LogP contribution in [0.4, 0.5) is 5.82 Å². The number of nitrogens with two attached hydrogens (primary N) is 1. The van der Waals surface area contributed by atoms with E-state index in [0.717, 1.165) is 28.8 Å². The molecule has 6 heteroatoms. The number of rotatable bonds is 3. The molecular weight excluding hydrogens is 288 g/mol. The molecule has 118 valence electrons.